The van der Waals surface area contributed by atoms with Gasteiger partial charge in [0.1, 0.15) is 5.76 Å². The summed E-state index contributed by atoms with van der Waals surface area (Å²) in [6.07, 6.45) is 5.59. The second-order valence-corrected chi connectivity index (χ2v) is 3.23. The molecule has 2 nitrogen and oxygen atoms in total. The summed E-state index contributed by atoms with van der Waals surface area (Å²) < 4.78 is 5.10. The summed E-state index contributed by atoms with van der Waals surface area (Å²) in [5.41, 5.74) is 1.20. The molecule has 0 fully saturated rings. The van der Waals surface area contributed by atoms with E-state index < -0.39 is 0 Å². The van der Waals surface area contributed by atoms with Gasteiger partial charge in [0, 0.05) is 0 Å². The highest BCUT2D eigenvalue weighted by atomic mass is 16.3. The first-order chi connectivity index (χ1) is 6.76. The fourth-order valence-electron chi connectivity index (χ4n) is 1.32. The van der Waals surface area contributed by atoms with Gasteiger partial charge >= 0.3 is 0 Å². The quantitative estimate of drug-likeness (QED) is 0.671. The van der Waals surface area contributed by atoms with E-state index in [0.717, 1.165) is 18.6 Å². The lowest BCUT2D eigenvalue weighted by atomic mass is 10.1. The molecule has 0 saturated carbocycles. The lowest BCUT2D eigenvalue weighted by Gasteiger charge is -1.98. The average molecular weight is 192 g/mol. The average Bonchev–Trinajstić information content (AvgIpc) is 2.66. The molecule has 0 N–H and O–H groups in total. The predicted octanol–water partition coefficient (Wildman–Crippen LogP) is 3.14. The Morgan fingerprint density at radius 3 is 2.64 bits per heavy atom. The van der Waals surface area contributed by atoms with Crippen molar-refractivity contribution in [3.05, 3.63) is 35.8 Å². The van der Waals surface area contributed by atoms with Crippen molar-refractivity contribution in [3.63, 3.8) is 0 Å². The van der Waals surface area contributed by atoms with Crippen molar-refractivity contribution in [2.75, 3.05) is 0 Å². The first-order valence-electron chi connectivity index (χ1n) is 5.01. The number of rotatable bonds is 5. The lowest BCUT2D eigenvalue weighted by Crippen LogP contribution is -1.98. The van der Waals surface area contributed by atoms with Crippen LogP contribution in [0, 0.1) is 0 Å². The Labute approximate surface area is 84.6 Å². The van der Waals surface area contributed by atoms with E-state index >= 15 is 0 Å². The van der Waals surface area contributed by atoms with Crippen molar-refractivity contribution in [2.45, 2.75) is 33.1 Å². The highest BCUT2D eigenvalue weighted by Crippen LogP contribution is 2.08. The maximum Gasteiger partial charge on any atom is 0.163 e. The first kappa shape index (κ1) is 10.8. The van der Waals surface area contributed by atoms with Crippen molar-refractivity contribution in [2.24, 2.45) is 0 Å². The topological polar surface area (TPSA) is 30.2 Å². The Morgan fingerprint density at radius 2 is 2.14 bits per heavy atom. The number of furan rings is 1. The molecule has 0 spiro atoms. The number of hydrogen-bond acceptors (Lipinski definition) is 2. The lowest BCUT2D eigenvalue weighted by molar-refractivity contribution is -0.114. The molecule has 2 heteroatoms. The van der Waals surface area contributed by atoms with E-state index in [9.17, 15) is 4.79 Å². The molecule has 1 aromatic rings. The van der Waals surface area contributed by atoms with E-state index in [1.54, 1.807) is 18.4 Å². The molecular weight excluding hydrogens is 176 g/mol. The first-order valence-corrected chi connectivity index (χ1v) is 5.01. The minimum absolute atomic E-state index is 0.124. The van der Waals surface area contributed by atoms with Crippen LogP contribution in [0.1, 0.15) is 32.4 Å². The SMILES string of the molecule is CCC(=CC(=O)Cc1ccco1)CC. The van der Waals surface area contributed by atoms with Crippen LogP contribution in [0.3, 0.4) is 0 Å². The molecule has 0 radical (unpaired) electrons. The number of carbonyl (C=O) groups is 1. The van der Waals surface area contributed by atoms with Gasteiger partial charge in [0.2, 0.25) is 0 Å². The summed E-state index contributed by atoms with van der Waals surface area (Å²) in [4.78, 5) is 11.5. The molecule has 1 aromatic heterocycles. The Hall–Kier alpha value is -1.31. The Balaban J connectivity index is 2.54. The highest BCUT2D eigenvalue weighted by Gasteiger charge is 2.03. The summed E-state index contributed by atoms with van der Waals surface area (Å²) in [5.74, 6) is 0.858. The summed E-state index contributed by atoms with van der Waals surface area (Å²) in [5, 5.41) is 0. The molecule has 0 saturated heterocycles. The highest BCUT2D eigenvalue weighted by molar-refractivity contribution is 5.91. The predicted molar refractivity (Wildman–Crippen MR) is 56.1 cm³/mol. The molecule has 76 valence electrons. The monoisotopic (exact) mass is 192 g/mol. The van der Waals surface area contributed by atoms with E-state index in [0.29, 0.717) is 6.42 Å². The van der Waals surface area contributed by atoms with Crippen LogP contribution in [0.2, 0.25) is 0 Å². The van der Waals surface area contributed by atoms with Crippen LogP contribution in [-0.4, -0.2) is 5.78 Å². The van der Waals surface area contributed by atoms with Crippen molar-refractivity contribution in [3.8, 4) is 0 Å². The zero-order valence-corrected chi connectivity index (χ0v) is 8.75. The zero-order chi connectivity index (χ0) is 10.4. The van der Waals surface area contributed by atoms with Gasteiger partial charge in [-0.2, -0.15) is 0 Å². The van der Waals surface area contributed by atoms with E-state index in [4.69, 9.17) is 4.42 Å². The Morgan fingerprint density at radius 1 is 1.43 bits per heavy atom. The van der Waals surface area contributed by atoms with Gasteiger partial charge < -0.3 is 4.42 Å². The Kier molecular flexibility index (Phi) is 4.17. The second kappa shape index (κ2) is 5.43. The summed E-state index contributed by atoms with van der Waals surface area (Å²) >= 11 is 0. The van der Waals surface area contributed by atoms with Crippen LogP contribution in [-0.2, 0) is 11.2 Å². The van der Waals surface area contributed by atoms with Crippen molar-refractivity contribution < 1.29 is 9.21 Å². The molecule has 0 aliphatic heterocycles. The third-order valence-electron chi connectivity index (χ3n) is 2.20. The molecule has 0 bridgehead atoms. The van der Waals surface area contributed by atoms with E-state index in [1.807, 2.05) is 6.07 Å². The maximum absolute atomic E-state index is 11.5. The van der Waals surface area contributed by atoms with Crippen LogP contribution in [0.4, 0.5) is 0 Å². The van der Waals surface area contributed by atoms with E-state index in [2.05, 4.69) is 13.8 Å². The van der Waals surface area contributed by atoms with Gasteiger partial charge in [-0.15, -0.1) is 0 Å². The molecular formula is C12H16O2. The number of ketones is 1. The minimum Gasteiger partial charge on any atom is -0.469 e. The van der Waals surface area contributed by atoms with Gasteiger partial charge in [-0.1, -0.05) is 19.4 Å². The summed E-state index contributed by atoms with van der Waals surface area (Å²) in [7, 11) is 0. The molecule has 0 aliphatic rings. The third kappa shape index (κ3) is 3.21. The van der Waals surface area contributed by atoms with E-state index in [1.165, 1.54) is 5.57 Å². The molecule has 14 heavy (non-hydrogen) atoms. The second-order valence-electron chi connectivity index (χ2n) is 3.23. The minimum atomic E-state index is 0.124. The fraction of sp³-hybridized carbons (Fsp3) is 0.417. The molecule has 0 amide bonds. The molecule has 1 heterocycles. The van der Waals surface area contributed by atoms with Gasteiger partial charge in [-0.05, 0) is 31.1 Å². The van der Waals surface area contributed by atoms with Gasteiger partial charge in [0.15, 0.2) is 5.78 Å². The molecule has 1 rings (SSSR count). The number of carbonyl (C=O) groups excluding carboxylic acids is 1. The van der Waals surface area contributed by atoms with E-state index in [-0.39, 0.29) is 5.78 Å². The molecule has 0 aromatic carbocycles. The smallest absolute Gasteiger partial charge is 0.163 e. The summed E-state index contributed by atoms with van der Waals surface area (Å²) in [6, 6.07) is 3.62. The van der Waals surface area contributed by atoms with Gasteiger partial charge in [0.25, 0.3) is 0 Å². The zero-order valence-electron chi connectivity index (χ0n) is 8.75. The van der Waals surface area contributed by atoms with Crippen LogP contribution in [0.5, 0.6) is 0 Å². The maximum atomic E-state index is 11.5. The molecule has 0 unspecified atom stereocenters. The fourth-order valence-corrected chi connectivity index (χ4v) is 1.32. The molecule has 0 aliphatic carbocycles. The van der Waals surface area contributed by atoms with Crippen LogP contribution in [0.25, 0.3) is 0 Å². The standard InChI is InChI=1S/C12H16O2/c1-3-10(4-2)8-11(13)9-12-6-5-7-14-12/h5-8H,3-4,9H2,1-2H3. The normalized spacial score (nSPS) is 9.86. The third-order valence-corrected chi connectivity index (χ3v) is 2.20. The van der Waals surface area contributed by atoms with Gasteiger partial charge in [0.05, 0.1) is 12.7 Å². The number of allylic oxidation sites excluding steroid dienone is 2. The Bertz CT molecular complexity index is 301. The van der Waals surface area contributed by atoms with Crippen LogP contribution in [0.15, 0.2) is 34.5 Å². The molecule has 0 atom stereocenters. The summed E-state index contributed by atoms with van der Waals surface area (Å²) in [6.45, 7) is 4.13. The van der Waals surface area contributed by atoms with Crippen molar-refractivity contribution >= 4 is 5.78 Å². The van der Waals surface area contributed by atoms with Crippen LogP contribution >= 0.6 is 0 Å². The largest absolute Gasteiger partial charge is 0.469 e. The van der Waals surface area contributed by atoms with Crippen molar-refractivity contribution in [1.82, 2.24) is 0 Å². The van der Waals surface area contributed by atoms with Gasteiger partial charge in [-0.3, -0.25) is 4.79 Å². The van der Waals surface area contributed by atoms with Crippen molar-refractivity contribution in [1.29, 1.82) is 0 Å². The van der Waals surface area contributed by atoms with Gasteiger partial charge in [-0.25, -0.2) is 0 Å². The van der Waals surface area contributed by atoms with Crippen LogP contribution < -0.4 is 0 Å². The number of hydrogen-bond donors (Lipinski definition) is 0.